The highest BCUT2D eigenvalue weighted by atomic mass is 35.5. The number of H-pyrrole nitrogens is 1. The molecule has 7 heteroatoms. The minimum absolute atomic E-state index is 0.305. The number of carbonyl (C=O) groups is 1. The van der Waals surface area contributed by atoms with Crippen molar-refractivity contribution in [1.82, 2.24) is 10.3 Å². The number of fused-ring (bicyclic) bond motifs is 1. The van der Waals surface area contributed by atoms with Crippen molar-refractivity contribution in [2.45, 2.75) is 45.1 Å². The number of nitrogens with one attached hydrogen (secondary N) is 3. The Labute approximate surface area is 157 Å². The monoisotopic (exact) mass is 379 g/mol. The van der Waals surface area contributed by atoms with Crippen LogP contribution in [0.25, 0.3) is 10.9 Å². The summed E-state index contributed by atoms with van der Waals surface area (Å²) < 4.78 is 5.15. The molecule has 5 nitrogen and oxygen atoms in total. The smallest absolute Gasteiger partial charge is 0.356 e. The van der Waals surface area contributed by atoms with Gasteiger partial charge in [0.15, 0.2) is 5.11 Å². The molecular formula is C18H22ClN3O2S. The molecule has 1 aliphatic rings. The van der Waals surface area contributed by atoms with Gasteiger partial charge in [-0.1, -0.05) is 30.9 Å². The van der Waals surface area contributed by atoms with Gasteiger partial charge in [-0.25, -0.2) is 4.79 Å². The van der Waals surface area contributed by atoms with Crippen LogP contribution in [0, 0.1) is 0 Å². The van der Waals surface area contributed by atoms with E-state index in [1.165, 1.54) is 19.3 Å². The Morgan fingerprint density at radius 3 is 2.84 bits per heavy atom. The molecule has 2 aromatic rings. The fourth-order valence-corrected chi connectivity index (χ4v) is 3.67. The Kier molecular flexibility index (Phi) is 5.81. The van der Waals surface area contributed by atoms with E-state index in [4.69, 9.17) is 28.6 Å². The first kappa shape index (κ1) is 18.0. The summed E-state index contributed by atoms with van der Waals surface area (Å²) in [5, 5.41) is 8.45. The van der Waals surface area contributed by atoms with Crippen molar-refractivity contribution in [1.29, 1.82) is 0 Å². The van der Waals surface area contributed by atoms with E-state index in [0.29, 0.717) is 34.2 Å². The molecule has 1 saturated carbocycles. The van der Waals surface area contributed by atoms with Crippen LogP contribution in [0.15, 0.2) is 18.2 Å². The van der Waals surface area contributed by atoms with Crippen molar-refractivity contribution < 1.29 is 9.53 Å². The summed E-state index contributed by atoms with van der Waals surface area (Å²) in [6.45, 7) is 2.08. The molecule has 0 bridgehead atoms. The molecule has 0 radical (unpaired) electrons. The van der Waals surface area contributed by atoms with E-state index in [1.54, 1.807) is 13.0 Å². The van der Waals surface area contributed by atoms with Crippen LogP contribution >= 0.6 is 23.8 Å². The van der Waals surface area contributed by atoms with Gasteiger partial charge in [0, 0.05) is 22.0 Å². The van der Waals surface area contributed by atoms with E-state index >= 15 is 0 Å². The summed E-state index contributed by atoms with van der Waals surface area (Å²) in [6.07, 6.45) is 5.96. The number of hydrogen-bond donors (Lipinski definition) is 3. The minimum Gasteiger partial charge on any atom is -0.461 e. The van der Waals surface area contributed by atoms with Crippen LogP contribution in [0.4, 0.5) is 5.69 Å². The lowest BCUT2D eigenvalue weighted by atomic mass is 9.96. The quantitative estimate of drug-likeness (QED) is 0.534. The summed E-state index contributed by atoms with van der Waals surface area (Å²) in [5.74, 6) is -0.419. The minimum atomic E-state index is -0.419. The van der Waals surface area contributed by atoms with Gasteiger partial charge in [0.25, 0.3) is 0 Å². The van der Waals surface area contributed by atoms with Gasteiger partial charge in [-0.15, -0.1) is 0 Å². The number of aromatic amines is 1. The van der Waals surface area contributed by atoms with Crippen molar-refractivity contribution in [3.8, 4) is 0 Å². The van der Waals surface area contributed by atoms with E-state index < -0.39 is 5.97 Å². The number of aromatic nitrogens is 1. The van der Waals surface area contributed by atoms with Crippen LogP contribution in [0.5, 0.6) is 0 Å². The molecule has 3 rings (SSSR count). The molecule has 1 fully saturated rings. The maximum Gasteiger partial charge on any atom is 0.356 e. The lowest BCUT2D eigenvalue weighted by Crippen LogP contribution is -2.39. The summed E-state index contributed by atoms with van der Waals surface area (Å²) in [6, 6.07) is 5.80. The molecule has 0 amide bonds. The molecular weight excluding hydrogens is 358 g/mol. The van der Waals surface area contributed by atoms with Crippen molar-refractivity contribution >= 4 is 51.5 Å². The molecule has 1 aliphatic carbocycles. The van der Waals surface area contributed by atoms with Crippen molar-refractivity contribution in [2.24, 2.45) is 0 Å². The number of rotatable bonds is 4. The number of thiocarbonyl (C=S) groups is 1. The molecule has 134 valence electrons. The standard InChI is InChI=1S/C18H22ClN3O2S/c1-2-24-17(23)16-15(13-10-11(19)8-9-14(13)21-16)22-18(25)20-12-6-4-3-5-7-12/h8-10,12,21H,2-7H2,1H3,(H2,20,22,25). The number of benzene rings is 1. The molecule has 0 atom stereocenters. The molecule has 0 saturated heterocycles. The zero-order valence-corrected chi connectivity index (χ0v) is 15.7. The Bertz CT molecular complexity index is 784. The molecule has 1 aromatic carbocycles. The van der Waals surface area contributed by atoms with Gasteiger partial charge in [-0.2, -0.15) is 0 Å². The topological polar surface area (TPSA) is 66.2 Å². The fourth-order valence-electron chi connectivity index (χ4n) is 3.23. The second-order valence-electron chi connectivity index (χ2n) is 6.22. The highest BCUT2D eigenvalue weighted by Gasteiger charge is 2.21. The third kappa shape index (κ3) is 4.25. The molecule has 0 spiro atoms. The predicted octanol–water partition coefficient (Wildman–Crippen LogP) is 4.62. The normalized spacial score (nSPS) is 15.1. The lowest BCUT2D eigenvalue weighted by Gasteiger charge is -2.24. The first-order valence-corrected chi connectivity index (χ1v) is 9.43. The summed E-state index contributed by atoms with van der Waals surface area (Å²) >= 11 is 11.6. The first-order valence-electron chi connectivity index (χ1n) is 8.64. The number of esters is 1. The average Bonchev–Trinajstić information content (AvgIpc) is 2.94. The van der Waals surface area contributed by atoms with Crippen molar-refractivity contribution in [2.75, 3.05) is 11.9 Å². The van der Waals surface area contributed by atoms with E-state index in [0.717, 1.165) is 23.7 Å². The molecule has 1 aromatic heterocycles. The molecule has 0 unspecified atom stereocenters. The largest absolute Gasteiger partial charge is 0.461 e. The molecule has 3 N–H and O–H groups in total. The average molecular weight is 380 g/mol. The zero-order chi connectivity index (χ0) is 17.8. The van der Waals surface area contributed by atoms with Gasteiger partial charge < -0.3 is 20.4 Å². The number of halogens is 1. The van der Waals surface area contributed by atoms with E-state index in [-0.39, 0.29) is 0 Å². The maximum atomic E-state index is 12.3. The molecule has 1 heterocycles. The number of hydrogen-bond acceptors (Lipinski definition) is 3. The fraction of sp³-hybridized carbons (Fsp3) is 0.444. The Morgan fingerprint density at radius 1 is 1.36 bits per heavy atom. The highest BCUT2D eigenvalue weighted by Crippen LogP contribution is 2.31. The van der Waals surface area contributed by atoms with Crippen LogP contribution < -0.4 is 10.6 Å². The third-order valence-electron chi connectivity index (χ3n) is 4.42. The van der Waals surface area contributed by atoms with E-state index in [2.05, 4.69) is 15.6 Å². The predicted molar refractivity (Wildman–Crippen MR) is 105 cm³/mol. The van der Waals surface area contributed by atoms with E-state index in [9.17, 15) is 4.79 Å². The summed E-state index contributed by atoms with van der Waals surface area (Å²) in [5.41, 5.74) is 1.76. The molecule has 0 aliphatic heterocycles. The van der Waals surface area contributed by atoms with E-state index in [1.807, 2.05) is 12.1 Å². The zero-order valence-electron chi connectivity index (χ0n) is 14.2. The summed E-state index contributed by atoms with van der Waals surface area (Å²) in [7, 11) is 0. The van der Waals surface area contributed by atoms with Crippen LogP contribution in [0.2, 0.25) is 5.02 Å². The number of anilines is 1. The lowest BCUT2D eigenvalue weighted by molar-refractivity contribution is 0.0522. The third-order valence-corrected chi connectivity index (χ3v) is 4.87. The van der Waals surface area contributed by atoms with Crippen LogP contribution in [-0.2, 0) is 4.74 Å². The van der Waals surface area contributed by atoms with Gasteiger partial charge in [0.1, 0.15) is 5.69 Å². The van der Waals surface area contributed by atoms with Gasteiger partial charge in [0.05, 0.1) is 12.3 Å². The van der Waals surface area contributed by atoms with Crippen LogP contribution in [0.1, 0.15) is 49.5 Å². The Morgan fingerprint density at radius 2 is 2.12 bits per heavy atom. The van der Waals surface area contributed by atoms with Gasteiger partial charge in [-0.05, 0) is 50.2 Å². The van der Waals surface area contributed by atoms with Crippen LogP contribution in [-0.4, -0.2) is 28.7 Å². The second kappa shape index (κ2) is 8.06. The second-order valence-corrected chi connectivity index (χ2v) is 7.06. The van der Waals surface area contributed by atoms with Crippen LogP contribution in [0.3, 0.4) is 0 Å². The summed E-state index contributed by atoms with van der Waals surface area (Å²) in [4.78, 5) is 15.4. The van der Waals surface area contributed by atoms with Gasteiger partial charge in [0.2, 0.25) is 0 Å². The molecule has 25 heavy (non-hydrogen) atoms. The van der Waals surface area contributed by atoms with Gasteiger partial charge >= 0.3 is 5.97 Å². The van der Waals surface area contributed by atoms with Gasteiger partial charge in [-0.3, -0.25) is 0 Å². The SMILES string of the molecule is CCOC(=O)c1[nH]c2ccc(Cl)cc2c1NC(=S)NC1CCCCC1. The highest BCUT2D eigenvalue weighted by molar-refractivity contribution is 7.80. The Hall–Kier alpha value is -1.79. The number of ether oxygens (including phenoxy) is 1. The van der Waals surface area contributed by atoms with Crippen molar-refractivity contribution in [3.63, 3.8) is 0 Å². The first-order chi connectivity index (χ1) is 12.1. The Balaban J connectivity index is 1.86. The van der Waals surface area contributed by atoms with Crippen molar-refractivity contribution in [3.05, 3.63) is 28.9 Å². The maximum absolute atomic E-state index is 12.3. The number of carbonyl (C=O) groups excluding carboxylic acids is 1.